The molecule has 0 spiro atoms. The maximum Gasteiger partial charge on any atom is 0.344 e. The van der Waals surface area contributed by atoms with E-state index >= 15 is 0 Å². The molecular weight excluding hydrogens is 436 g/mol. The Bertz CT molecular complexity index is 1310. The Morgan fingerprint density at radius 3 is 2.48 bits per heavy atom. The normalized spacial score (nSPS) is 16.1. The average molecular weight is 461 g/mol. The largest absolute Gasteiger partial charge is 0.609 e. The summed E-state index contributed by atoms with van der Waals surface area (Å²) in [5.41, 5.74) is 2.01. The summed E-state index contributed by atoms with van der Waals surface area (Å²) in [6.07, 6.45) is 4.81. The van der Waals surface area contributed by atoms with Gasteiger partial charge in [0.05, 0.1) is 4.90 Å². The number of aryl methyl sites for hydroxylation is 2. The highest BCUT2D eigenvalue weighted by molar-refractivity contribution is 7.90. The number of pyridine rings is 1. The summed E-state index contributed by atoms with van der Waals surface area (Å²) in [6, 6.07) is 6.60. The van der Waals surface area contributed by atoms with E-state index in [4.69, 9.17) is 0 Å². The molecule has 0 radical (unpaired) electrons. The molecular formula is C21H24N4O4S2. The lowest BCUT2D eigenvalue weighted by Crippen LogP contribution is -2.28. The molecule has 0 saturated carbocycles. The highest BCUT2D eigenvalue weighted by Crippen LogP contribution is 2.28. The van der Waals surface area contributed by atoms with Crippen LogP contribution in [0.1, 0.15) is 25.3 Å². The van der Waals surface area contributed by atoms with Crippen LogP contribution in [0, 0.1) is 6.92 Å². The minimum absolute atomic E-state index is 0.175. The molecule has 0 N–H and O–H groups in total. The van der Waals surface area contributed by atoms with E-state index in [-0.39, 0.29) is 15.6 Å². The van der Waals surface area contributed by atoms with Gasteiger partial charge in [-0.05, 0) is 56.0 Å². The van der Waals surface area contributed by atoms with Gasteiger partial charge in [0.2, 0.25) is 10.0 Å². The van der Waals surface area contributed by atoms with Crippen LogP contribution in [0.15, 0.2) is 45.3 Å². The molecule has 4 rings (SSSR count). The molecule has 8 nitrogen and oxygen atoms in total. The monoisotopic (exact) mass is 460 g/mol. The quantitative estimate of drug-likeness (QED) is 0.427. The van der Waals surface area contributed by atoms with Gasteiger partial charge in [-0.1, -0.05) is 6.07 Å². The lowest BCUT2D eigenvalue weighted by molar-refractivity contribution is 0.477. The van der Waals surface area contributed by atoms with Gasteiger partial charge in [-0.3, -0.25) is 9.36 Å². The van der Waals surface area contributed by atoms with Crippen LogP contribution >= 0.6 is 0 Å². The van der Waals surface area contributed by atoms with E-state index in [0.29, 0.717) is 47.4 Å². The second-order valence-electron chi connectivity index (χ2n) is 7.58. The predicted octanol–water partition coefficient (Wildman–Crippen LogP) is 2.31. The van der Waals surface area contributed by atoms with Crippen molar-refractivity contribution in [3.05, 3.63) is 46.4 Å². The topological polar surface area (TPSA) is 108 Å². The van der Waals surface area contributed by atoms with Gasteiger partial charge in [0.25, 0.3) is 5.56 Å². The van der Waals surface area contributed by atoms with Crippen molar-refractivity contribution in [3.8, 4) is 11.1 Å². The van der Waals surface area contributed by atoms with Gasteiger partial charge in [0.15, 0.2) is 5.65 Å². The maximum atomic E-state index is 13.2. The third kappa shape index (κ3) is 3.89. The fourth-order valence-corrected chi connectivity index (χ4v) is 5.96. The summed E-state index contributed by atoms with van der Waals surface area (Å²) in [7, 11) is -3.53. The van der Waals surface area contributed by atoms with E-state index in [1.54, 1.807) is 37.4 Å². The van der Waals surface area contributed by atoms with Crippen molar-refractivity contribution in [2.75, 3.05) is 19.3 Å². The first-order valence-corrected chi connectivity index (χ1v) is 13.1. The molecule has 1 saturated heterocycles. The van der Waals surface area contributed by atoms with Crippen molar-refractivity contribution in [1.82, 2.24) is 18.8 Å². The van der Waals surface area contributed by atoms with Crippen LogP contribution in [0.4, 0.5) is 0 Å². The number of hydrogen-bond acceptors (Lipinski definition) is 6. The van der Waals surface area contributed by atoms with Crippen molar-refractivity contribution in [2.45, 2.75) is 43.3 Å². The highest BCUT2D eigenvalue weighted by atomic mass is 32.2. The maximum absolute atomic E-state index is 13.2. The Kier molecular flexibility index (Phi) is 5.91. The molecule has 2 aromatic heterocycles. The van der Waals surface area contributed by atoms with Crippen LogP contribution < -0.4 is 5.56 Å². The molecule has 1 aromatic carbocycles. The molecule has 1 atom stereocenters. The summed E-state index contributed by atoms with van der Waals surface area (Å²) >= 11 is -1.36. The van der Waals surface area contributed by atoms with E-state index in [1.165, 1.54) is 15.1 Å². The van der Waals surface area contributed by atoms with Crippen molar-refractivity contribution >= 4 is 32.2 Å². The number of hydrogen-bond donors (Lipinski definition) is 0. The van der Waals surface area contributed by atoms with Crippen LogP contribution in [0.5, 0.6) is 0 Å². The van der Waals surface area contributed by atoms with Crippen molar-refractivity contribution in [3.63, 3.8) is 0 Å². The van der Waals surface area contributed by atoms with E-state index < -0.39 is 21.2 Å². The molecule has 1 unspecified atom stereocenters. The van der Waals surface area contributed by atoms with Gasteiger partial charge < -0.3 is 4.55 Å². The molecule has 1 fully saturated rings. The standard InChI is InChI=1S/C21H24N4O4S2/c1-4-25-19-15(13-22-21(23-19)30(3)27)12-18(20(25)26)17-8-7-16(11-14(17)2)31(28,29)24-9-5-6-10-24/h7-8,11-13H,4-6,9-10H2,1-3H3. The first kappa shape index (κ1) is 21.9. The Labute approximate surface area is 184 Å². The number of aromatic nitrogens is 3. The molecule has 164 valence electrons. The summed E-state index contributed by atoms with van der Waals surface area (Å²) in [5, 5.41) is 0.827. The molecule has 1 aliphatic heterocycles. The summed E-state index contributed by atoms with van der Waals surface area (Å²) in [5.74, 6) is 0. The smallest absolute Gasteiger partial charge is 0.344 e. The van der Waals surface area contributed by atoms with Crippen molar-refractivity contribution in [1.29, 1.82) is 0 Å². The van der Waals surface area contributed by atoms with Gasteiger partial charge in [-0.15, -0.1) is 0 Å². The second-order valence-corrected chi connectivity index (χ2v) is 10.8. The molecule has 0 aliphatic carbocycles. The zero-order valence-electron chi connectivity index (χ0n) is 17.7. The Hall–Kier alpha value is -2.27. The average Bonchev–Trinajstić information content (AvgIpc) is 3.29. The number of fused-ring (bicyclic) bond motifs is 1. The SMILES string of the molecule is CCn1c(=O)c(-c2ccc(S(=O)(=O)N3CCCC3)cc2C)cc2cnc([S+](C)[O-])nc21. The molecule has 31 heavy (non-hydrogen) atoms. The summed E-state index contributed by atoms with van der Waals surface area (Å²) in [6.45, 7) is 5.11. The summed E-state index contributed by atoms with van der Waals surface area (Å²) in [4.78, 5) is 21.9. The van der Waals surface area contributed by atoms with E-state index in [9.17, 15) is 17.8 Å². The Morgan fingerprint density at radius 1 is 1.16 bits per heavy atom. The lowest BCUT2D eigenvalue weighted by Gasteiger charge is -2.17. The minimum atomic E-state index is -3.53. The van der Waals surface area contributed by atoms with Crippen molar-refractivity contribution < 1.29 is 13.0 Å². The van der Waals surface area contributed by atoms with Crippen LogP contribution in [0.3, 0.4) is 0 Å². The van der Waals surface area contributed by atoms with Gasteiger partial charge >= 0.3 is 5.16 Å². The zero-order valence-corrected chi connectivity index (χ0v) is 19.3. The molecule has 3 aromatic rings. The fourth-order valence-electron chi connectivity index (χ4n) is 3.94. The van der Waals surface area contributed by atoms with Crippen LogP contribution in [-0.4, -0.2) is 51.2 Å². The third-order valence-electron chi connectivity index (χ3n) is 5.57. The number of nitrogens with zero attached hydrogens (tertiary/aromatic N) is 4. The number of benzene rings is 1. The van der Waals surface area contributed by atoms with Gasteiger partial charge in [0.1, 0.15) is 6.26 Å². The van der Waals surface area contributed by atoms with E-state index in [1.807, 2.05) is 6.92 Å². The van der Waals surface area contributed by atoms with Crippen LogP contribution in [0.25, 0.3) is 22.2 Å². The minimum Gasteiger partial charge on any atom is -0.609 e. The molecule has 0 bridgehead atoms. The Balaban J connectivity index is 1.84. The second kappa shape index (κ2) is 8.34. The molecule has 10 heteroatoms. The number of sulfonamides is 1. The fraction of sp³-hybridized carbons (Fsp3) is 0.381. The first-order valence-electron chi connectivity index (χ1n) is 10.1. The molecule has 1 aliphatic rings. The van der Waals surface area contributed by atoms with E-state index in [2.05, 4.69) is 9.97 Å². The van der Waals surface area contributed by atoms with Crippen LogP contribution in [0.2, 0.25) is 0 Å². The van der Waals surface area contributed by atoms with E-state index in [0.717, 1.165) is 12.8 Å². The predicted molar refractivity (Wildman–Crippen MR) is 120 cm³/mol. The molecule has 0 amide bonds. The number of rotatable bonds is 5. The summed E-state index contributed by atoms with van der Waals surface area (Å²) < 4.78 is 40.6. The molecule has 3 heterocycles. The Morgan fingerprint density at radius 2 is 1.87 bits per heavy atom. The third-order valence-corrected chi connectivity index (χ3v) is 8.17. The van der Waals surface area contributed by atoms with Gasteiger partial charge in [-0.2, -0.15) is 14.3 Å². The highest BCUT2D eigenvalue weighted by Gasteiger charge is 2.27. The zero-order chi connectivity index (χ0) is 22.3. The lowest BCUT2D eigenvalue weighted by atomic mass is 10.0. The van der Waals surface area contributed by atoms with Gasteiger partial charge in [0, 0.05) is 48.0 Å². The van der Waals surface area contributed by atoms with Crippen molar-refractivity contribution in [2.24, 2.45) is 0 Å². The van der Waals surface area contributed by atoms with Gasteiger partial charge in [-0.25, -0.2) is 8.42 Å². The first-order chi connectivity index (χ1) is 14.7. The van der Waals surface area contributed by atoms with Crippen LogP contribution in [-0.2, 0) is 27.7 Å².